The summed E-state index contributed by atoms with van der Waals surface area (Å²) in [5.74, 6) is 1.54. The molecule has 4 aliphatic rings. The zero-order valence-electron chi connectivity index (χ0n) is 28.9. The van der Waals surface area contributed by atoms with E-state index in [2.05, 4.69) is 33.5 Å². The lowest BCUT2D eigenvalue weighted by atomic mass is 9.43. The number of hydrogen-bond acceptors (Lipinski definition) is 9. The van der Waals surface area contributed by atoms with Gasteiger partial charge in [-0.05, 0) is 87.1 Å². The van der Waals surface area contributed by atoms with Crippen molar-refractivity contribution in [2.24, 2.45) is 11.3 Å². The largest absolute Gasteiger partial charge is 0.475 e. The van der Waals surface area contributed by atoms with Crippen molar-refractivity contribution >= 4 is 33.1 Å². The Morgan fingerprint density at radius 1 is 1.00 bits per heavy atom. The minimum atomic E-state index is -4.18. The number of anilines is 1. The van der Waals surface area contributed by atoms with Gasteiger partial charge in [-0.25, -0.2) is 28.1 Å². The highest BCUT2D eigenvalue weighted by Gasteiger charge is 2.57. The van der Waals surface area contributed by atoms with Gasteiger partial charge in [0.15, 0.2) is 0 Å². The Balaban J connectivity index is 1.25. The summed E-state index contributed by atoms with van der Waals surface area (Å²) in [7, 11) is -4.18. The summed E-state index contributed by atoms with van der Waals surface area (Å²) in [6.07, 6.45) is 5.80. The van der Waals surface area contributed by atoms with Crippen LogP contribution in [0.3, 0.4) is 0 Å². The van der Waals surface area contributed by atoms with E-state index in [1.807, 2.05) is 39.0 Å². The van der Waals surface area contributed by atoms with Gasteiger partial charge in [0.1, 0.15) is 17.9 Å². The van der Waals surface area contributed by atoms with Gasteiger partial charge >= 0.3 is 0 Å². The number of sulfonamides is 1. The number of carbonyl (C=O) groups excluding carboxylic acids is 1. The molecule has 9 rings (SSSR count). The molecule has 3 aromatic heterocycles. The summed E-state index contributed by atoms with van der Waals surface area (Å²) in [6, 6.07) is 13.4. The Labute approximate surface area is 291 Å². The first kappa shape index (κ1) is 32.4. The molecule has 1 aliphatic heterocycles. The van der Waals surface area contributed by atoms with Crippen LogP contribution in [0.15, 0.2) is 64.0 Å². The zero-order chi connectivity index (χ0) is 34.9. The normalized spacial score (nSPS) is 22.4. The maximum absolute atomic E-state index is 14.6. The number of nitrogens with one attached hydrogen (secondary N) is 1. The standard InChI is InChI=1S/C38H40N6O5S/c1-21(2)34-24(5)33-35(49-34)39-18-27(40-33)19-44-28(17-38-14-25(15-38)16-38)20-48-31-13-30(32-22(3)8-6-9-23(32)4)41-37(42-31)43-50(46,47)29-11-7-10-26(12-29)36(44)45/h6-13,18,21,25,28H,14-17,19-20H2,1-5H3,(H,41,42,43)/t25?,28-,38?/m1/s1. The minimum Gasteiger partial charge on any atom is -0.475 e. The monoisotopic (exact) mass is 692 g/mol. The predicted octanol–water partition coefficient (Wildman–Crippen LogP) is 7.12. The van der Waals surface area contributed by atoms with Gasteiger partial charge in [0.2, 0.25) is 17.5 Å². The lowest BCUT2D eigenvalue weighted by Crippen LogP contribution is -2.56. The third kappa shape index (κ3) is 5.69. The molecule has 0 spiro atoms. The molecular weight excluding hydrogens is 653 g/mol. The zero-order valence-corrected chi connectivity index (χ0v) is 29.7. The molecule has 1 amide bonds. The summed E-state index contributed by atoms with van der Waals surface area (Å²) in [5.41, 5.74) is 6.44. The van der Waals surface area contributed by atoms with Crippen molar-refractivity contribution in [3.63, 3.8) is 0 Å². The summed E-state index contributed by atoms with van der Waals surface area (Å²) in [6.45, 7) is 10.4. The van der Waals surface area contributed by atoms with Crippen LogP contribution >= 0.6 is 0 Å². The van der Waals surface area contributed by atoms with E-state index < -0.39 is 10.0 Å². The fourth-order valence-electron chi connectivity index (χ4n) is 8.08. The number of carbonyl (C=O) groups is 1. The molecular formula is C38H40N6O5S. The van der Waals surface area contributed by atoms with Crippen molar-refractivity contribution in [1.29, 1.82) is 0 Å². The molecule has 1 atom stereocenters. The van der Waals surface area contributed by atoms with Gasteiger partial charge < -0.3 is 14.1 Å². The minimum absolute atomic E-state index is 0.0708. The maximum atomic E-state index is 14.6. The van der Waals surface area contributed by atoms with Crippen molar-refractivity contribution < 1.29 is 22.4 Å². The van der Waals surface area contributed by atoms with Crippen molar-refractivity contribution in [3.8, 4) is 17.1 Å². The van der Waals surface area contributed by atoms with Crippen LogP contribution in [-0.2, 0) is 16.6 Å². The fraction of sp³-hybridized carbons (Fsp3) is 0.395. The van der Waals surface area contributed by atoms with Crippen molar-refractivity contribution in [2.75, 3.05) is 11.3 Å². The molecule has 50 heavy (non-hydrogen) atoms. The average Bonchev–Trinajstić information content (AvgIpc) is 3.37. The maximum Gasteiger partial charge on any atom is 0.264 e. The molecule has 0 saturated heterocycles. The van der Waals surface area contributed by atoms with E-state index in [0.29, 0.717) is 22.6 Å². The average molecular weight is 693 g/mol. The van der Waals surface area contributed by atoms with Gasteiger partial charge in [-0.2, -0.15) is 4.98 Å². The number of benzene rings is 2. The van der Waals surface area contributed by atoms with Crippen LogP contribution in [0.5, 0.6) is 5.88 Å². The first-order chi connectivity index (χ1) is 23.9. The van der Waals surface area contributed by atoms with Crippen LogP contribution in [0.25, 0.3) is 22.5 Å². The van der Waals surface area contributed by atoms with Crippen molar-refractivity contribution in [3.05, 3.63) is 88.4 Å². The van der Waals surface area contributed by atoms with Crippen LogP contribution < -0.4 is 9.46 Å². The van der Waals surface area contributed by atoms with Gasteiger partial charge in [-0.15, -0.1) is 0 Å². The van der Waals surface area contributed by atoms with E-state index in [4.69, 9.17) is 14.1 Å². The lowest BCUT2D eigenvalue weighted by Gasteiger charge is -2.63. The Kier molecular flexibility index (Phi) is 7.70. The summed E-state index contributed by atoms with van der Waals surface area (Å²) in [4.78, 5) is 35.0. The van der Waals surface area contributed by atoms with Crippen molar-refractivity contribution in [1.82, 2.24) is 24.8 Å². The van der Waals surface area contributed by atoms with E-state index in [9.17, 15) is 13.2 Å². The number of rotatable bonds is 6. The van der Waals surface area contributed by atoms with Gasteiger partial charge in [0.05, 0.1) is 35.1 Å². The van der Waals surface area contributed by atoms with E-state index >= 15 is 0 Å². The number of amides is 1. The van der Waals surface area contributed by atoms with E-state index in [-0.39, 0.29) is 58.7 Å². The molecule has 258 valence electrons. The summed E-state index contributed by atoms with van der Waals surface area (Å²) >= 11 is 0. The molecule has 3 fully saturated rings. The molecule has 11 nitrogen and oxygen atoms in total. The predicted molar refractivity (Wildman–Crippen MR) is 188 cm³/mol. The molecule has 2 aromatic carbocycles. The molecule has 5 aromatic rings. The number of nitrogens with zero attached hydrogens (tertiary/aromatic N) is 5. The number of ether oxygens (including phenoxy) is 1. The van der Waals surface area contributed by atoms with Crippen LogP contribution in [0, 0.1) is 32.1 Å². The fourth-order valence-corrected chi connectivity index (χ4v) is 9.07. The second kappa shape index (κ2) is 11.9. The van der Waals surface area contributed by atoms with Crippen LogP contribution in [-0.4, -0.2) is 51.8 Å². The topological polar surface area (TPSA) is 140 Å². The highest BCUT2D eigenvalue weighted by Crippen LogP contribution is 2.66. The Morgan fingerprint density at radius 2 is 1.74 bits per heavy atom. The lowest BCUT2D eigenvalue weighted by molar-refractivity contribution is -0.126. The molecule has 6 bridgehead atoms. The van der Waals surface area contributed by atoms with Gasteiger partial charge in [0, 0.05) is 28.7 Å². The van der Waals surface area contributed by atoms with Gasteiger partial charge in [-0.1, -0.05) is 38.1 Å². The third-order valence-electron chi connectivity index (χ3n) is 10.6. The second-order valence-electron chi connectivity index (χ2n) is 14.7. The number of fused-ring (bicyclic) bond motifs is 5. The van der Waals surface area contributed by atoms with E-state index in [1.54, 1.807) is 29.3 Å². The number of hydrogen-bond donors (Lipinski definition) is 1. The molecule has 3 aliphatic carbocycles. The van der Waals surface area contributed by atoms with Crippen LogP contribution in [0.4, 0.5) is 5.95 Å². The van der Waals surface area contributed by atoms with Crippen molar-refractivity contribution in [2.45, 2.75) is 83.7 Å². The summed E-state index contributed by atoms with van der Waals surface area (Å²) < 4.78 is 42.6. The molecule has 4 heterocycles. The van der Waals surface area contributed by atoms with E-state index in [1.165, 1.54) is 12.1 Å². The smallest absolute Gasteiger partial charge is 0.264 e. The van der Waals surface area contributed by atoms with Gasteiger partial charge in [0.25, 0.3) is 15.9 Å². The quantitative estimate of drug-likeness (QED) is 0.197. The van der Waals surface area contributed by atoms with Crippen LogP contribution in [0.2, 0.25) is 0 Å². The summed E-state index contributed by atoms with van der Waals surface area (Å²) in [5, 5.41) is 0. The second-order valence-corrected chi connectivity index (χ2v) is 16.3. The van der Waals surface area contributed by atoms with Crippen LogP contribution in [0.1, 0.15) is 84.0 Å². The first-order valence-corrected chi connectivity index (χ1v) is 18.6. The van der Waals surface area contributed by atoms with Gasteiger partial charge in [-0.3, -0.25) is 4.79 Å². The third-order valence-corrected chi connectivity index (χ3v) is 11.9. The number of aryl methyl sites for hydroxylation is 3. The number of furan rings is 1. The molecule has 3 saturated carbocycles. The molecule has 0 radical (unpaired) electrons. The van der Waals surface area contributed by atoms with E-state index in [0.717, 1.165) is 59.6 Å². The Bertz CT molecular complexity index is 2250. The SMILES string of the molecule is Cc1cccc(C)c1-c1cc2nc(n1)NS(=O)(=O)c1cccc(c1)C(=O)N(Cc1cnc3oc(C(C)C)c(C)c3n1)[C@H](CC13CC(C1)C3)CO2. The number of aromatic nitrogens is 4. The molecule has 12 heteroatoms. The Hall–Kier alpha value is -4.84. The molecule has 1 N–H and O–H groups in total. The Morgan fingerprint density at radius 3 is 2.44 bits per heavy atom. The highest BCUT2D eigenvalue weighted by molar-refractivity contribution is 7.92. The highest BCUT2D eigenvalue weighted by atomic mass is 32.2. The molecule has 0 unspecified atom stereocenters. The first-order valence-electron chi connectivity index (χ1n) is 17.2.